The van der Waals surface area contributed by atoms with Crippen molar-refractivity contribution < 1.29 is 65.7 Å². The number of benzene rings is 1. The number of nitrogens with two attached hydrogens (primary N) is 1. The Bertz CT molecular complexity index is 2110. The number of nitrogens with zero attached hydrogens (tertiary/aromatic N) is 2. The van der Waals surface area contributed by atoms with E-state index in [4.69, 9.17) is 41.0 Å². The highest BCUT2D eigenvalue weighted by molar-refractivity contribution is 8.77. The Labute approximate surface area is 387 Å². The number of anilines is 1. The number of alkyl carbamates (subject to hydrolysis) is 1. The van der Waals surface area contributed by atoms with Gasteiger partial charge in [-0.05, 0) is 71.6 Å². The smallest absolute Gasteiger partial charge is 0.409 e. The van der Waals surface area contributed by atoms with E-state index in [9.17, 15) is 42.0 Å². The molecule has 0 radical (unpaired) electrons. The Morgan fingerprint density at radius 1 is 1.22 bits per heavy atom. The van der Waals surface area contributed by atoms with Crippen LogP contribution in [-0.2, 0) is 54.7 Å². The molecular formula is C42H61ClN4O14S3. The van der Waals surface area contributed by atoms with Crippen LogP contribution >= 0.6 is 33.2 Å². The Morgan fingerprint density at radius 2 is 1.89 bits per heavy atom. The molecule has 0 aromatic heterocycles. The molecule has 3 heterocycles. The minimum atomic E-state index is -4.64. The van der Waals surface area contributed by atoms with Crippen LogP contribution in [0.3, 0.4) is 0 Å². The van der Waals surface area contributed by atoms with Crippen molar-refractivity contribution in [1.82, 2.24) is 10.2 Å². The van der Waals surface area contributed by atoms with E-state index in [-0.39, 0.29) is 42.4 Å². The number of likely N-dealkylation sites (N-methyl/N-ethyl adjacent to an activating group) is 1. The van der Waals surface area contributed by atoms with Gasteiger partial charge in [0.2, 0.25) is 17.7 Å². The monoisotopic (exact) mass is 976 g/mol. The summed E-state index contributed by atoms with van der Waals surface area (Å²) >= 11 is 6.79. The lowest BCUT2D eigenvalue weighted by Crippen LogP contribution is -2.63. The quantitative estimate of drug-likeness (QED) is 0.0617. The number of esters is 1. The highest BCUT2D eigenvalue weighted by Gasteiger charge is 2.64. The molecule has 4 rings (SSSR count). The van der Waals surface area contributed by atoms with Gasteiger partial charge in [0.05, 0.1) is 25.3 Å². The average molecular weight is 978 g/mol. The van der Waals surface area contributed by atoms with E-state index in [0.29, 0.717) is 24.3 Å². The van der Waals surface area contributed by atoms with Gasteiger partial charge in [0.25, 0.3) is 10.1 Å². The highest BCUT2D eigenvalue weighted by atomic mass is 35.5. The van der Waals surface area contributed by atoms with Crippen LogP contribution in [-0.4, -0.2) is 139 Å². The van der Waals surface area contributed by atoms with Crippen molar-refractivity contribution in [2.75, 3.05) is 39.0 Å². The number of allylic oxidation sites excluding steroid dienone is 3. The Hall–Kier alpha value is -3.57. The van der Waals surface area contributed by atoms with E-state index in [1.54, 1.807) is 45.2 Å². The number of aliphatic hydroxyl groups is 1. The van der Waals surface area contributed by atoms with Crippen molar-refractivity contribution in [3.05, 3.63) is 46.5 Å². The molecule has 4 bridgehead atoms. The van der Waals surface area contributed by atoms with E-state index in [2.05, 4.69) is 5.32 Å². The van der Waals surface area contributed by atoms with E-state index < -0.39 is 91.7 Å². The lowest BCUT2D eigenvalue weighted by atomic mass is 9.83. The van der Waals surface area contributed by atoms with Crippen LogP contribution < -0.4 is 20.7 Å². The van der Waals surface area contributed by atoms with E-state index in [1.165, 1.54) is 59.6 Å². The lowest BCUT2D eigenvalue weighted by molar-refractivity contribution is -0.162. The molecule has 64 heavy (non-hydrogen) atoms. The number of amides is 4. The third-order valence-electron chi connectivity index (χ3n) is 11.9. The number of carbonyl (C=O) groups is 5. The number of fused-ring (bicyclic) bond motifs is 5. The van der Waals surface area contributed by atoms with Gasteiger partial charge in [0, 0.05) is 50.5 Å². The number of nitrogens with one attached hydrogen (secondary N) is 1. The molecule has 18 nitrogen and oxygen atoms in total. The number of ether oxygens (including phenoxy) is 5. The molecule has 2 saturated heterocycles. The molecule has 1 aromatic rings. The van der Waals surface area contributed by atoms with Gasteiger partial charge in [-0.15, -0.1) is 0 Å². The van der Waals surface area contributed by atoms with Gasteiger partial charge in [0.15, 0.2) is 11.0 Å². The molecular weight excluding hydrogens is 916 g/mol. The van der Waals surface area contributed by atoms with E-state index in [0.717, 1.165) is 11.1 Å². The van der Waals surface area contributed by atoms with Crippen LogP contribution in [0.1, 0.15) is 79.2 Å². The maximum Gasteiger partial charge on any atom is 0.409 e. The molecule has 3 aliphatic heterocycles. The molecule has 0 unspecified atom stereocenters. The van der Waals surface area contributed by atoms with Gasteiger partial charge in [-0.3, -0.25) is 24.3 Å². The summed E-state index contributed by atoms with van der Waals surface area (Å²) in [6.07, 6.45) is 0.596. The average Bonchev–Trinajstić information content (AvgIpc) is 3.91. The summed E-state index contributed by atoms with van der Waals surface area (Å²) in [6, 6.07) is 2.41. The van der Waals surface area contributed by atoms with Crippen molar-refractivity contribution in [3.8, 4) is 5.75 Å². The topological polar surface area (TPSA) is 254 Å². The van der Waals surface area contributed by atoms with Crippen molar-refractivity contribution in [2.24, 2.45) is 11.7 Å². The molecule has 0 spiro atoms. The number of rotatable bonds is 15. The van der Waals surface area contributed by atoms with Crippen LogP contribution in [0.15, 0.2) is 35.9 Å². The van der Waals surface area contributed by atoms with Crippen LogP contribution in [0, 0.1) is 5.92 Å². The first-order valence-electron chi connectivity index (χ1n) is 20.6. The number of hydrogen-bond acceptors (Lipinski definition) is 15. The summed E-state index contributed by atoms with van der Waals surface area (Å²) in [5.41, 5.74) is 3.96. The Balaban J connectivity index is 1.58. The molecule has 0 aliphatic carbocycles. The fraction of sp³-hybridized carbons (Fsp3) is 0.643. The fourth-order valence-corrected chi connectivity index (χ4v) is 11.5. The number of primary amides is 1. The van der Waals surface area contributed by atoms with Crippen molar-refractivity contribution >= 4 is 78.8 Å². The SMILES string of the molecule is COc1cc2cc(c1Cl)N(C)C(=O)C[C@H](OC(=O)[C@H](C)N(C)C(=O)CCC(C)(C)SSCC[C@H](C(N)=O)S(=O)(=O)O)[C@]1(C)O[C@H]1[C@H](C)[C@@H]1C[C@@](O)(NC(=O)O1)[C@H](OC)C=CC=C(C)C2. The third kappa shape index (κ3) is 13.1. The molecule has 358 valence electrons. The second-order valence-electron chi connectivity index (χ2n) is 17.3. The molecule has 9 atom stereocenters. The molecule has 4 amide bonds. The maximum atomic E-state index is 14.3. The summed E-state index contributed by atoms with van der Waals surface area (Å²) < 4.78 is 61.1. The first-order valence-corrected chi connectivity index (χ1v) is 24.8. The zero-order valence-corrected chi connectivity index (χ0v) is 41.0. The molecule has 22 heteroatoms. The van der Waals surface area contributed by atoms with Crippen molar-refractivity contribution in [1.29, 1.82) is 0 Å². The van der Waals surface area contributed by atoms with Crippen LogP contribution in [0.2, 0.25) is 5.02 Å². The molecule has 5 N–H and O–H groups in total. The van der Waals surface area contributed by atoms with Crippen LogP contribution in [0.25, 0.3) is 0 Å². The van der Waals surface area contributed by atoms with Crippen molar-refractivity contribution in [3.63, 3.8) is 0 Å². The van der Waals surface area contributed by atoms with Gasteiger partial charge < -0.3 is 44.3 Å². The minimum absolute atomic E-state index is 0.0242. The number of methoxy groups -OCH3 is 2. The van der Waals surface area contributed by atoms with Gasteiger partial charge in [-0.25, -0.2) is 9.59 Å². The zero-order chi connectivity index (χ0) is 48.1. The van der Waals surface area contributed by atoms with Gasteiger partial charge >= 0.3 is 12.1 Å². The fourth-order valence-electron chi connectivity index (χ4n) is 7.64. The molecule has 1 aromatic carbocycles. The standard InChI is InChI=1S/C42H61ClN4O14S3/c1-23-12-11-13-31(58-10)42(53)22-29(59-39(52)45-42)24(2)36-41(6,61-36)32(21-34(49)47(8)27-19-26(18-23)20-28(57-9)35(27)43)60-38(51)25(3)46(7)33(48)14-16-40(4,5)63-62-17-15-30(37(44)50)64(54,55)56/h11-13,19-20,24-25,29-32,36,53H,14-18,21-22H2,1-10H3,(H2,44,50)(H,45,52)(H,54,55,56)/t24-,25+,29+,30-,31-,32+,36+,41+,42+/m1/s1. The summed E-state index contributed by atoms with van der Waals surface area (Å²) in [7, 11) is 3.86. The maximum absolute atomic E-state index is 14.3. The van der Waals surface area contributed by atoms with E-state index in [1.807, 2.05) is 26.8 Å². The zero-order valence-electron chi connectivity index (χ0n) is 37.7. The number of hydrogen-bond donors (Lipinski definition) is 4. The Morgan fingerprint density at radius 3 is 2.50 bits per heavy atom. The second kappa shape index (κ2) is 21.4. The predicted molar refractivity (Wildman–Crippen MR) is 243 cm³/mol. The van der Waals surface area contributed by atoms with Crippen molar-refractivity contribution in [2.45, 2.75) is 132 Å². The molecule has 2 fully saturated rings. The van der Waals surface area contributed by atoms with Crippen LogP contribution in [0.4, 0.5) is 10.5 Å². The summed E-state index contributed by atoms with van der Waals surface area (Å²) in [4.78, 5) is 68.8. The normalized spacial score (nSPS) is 27.5. The predicted octanol–water partition coefficient (Wildman–Crippen LogP) is 4.59. The highest BCUT2D eigenvalue weighted by Crippen LogP contribution is 2.49. The largest absolute Gasteiger partial charge is 0.495 e. The van der Waals surface area contributed by atoms with E-state index >= 15 is 0 Å². The van der Waals surface area contributed by atoms with Gasteiger partial charge in [0.1, 0.15) is 40.7 Å². The lowest BCUT2D eigenvalue weighted by Gasteiger charge is -2.42. The summed E-state index contributed by atoms with van der Waals surface area (Å²) in [6.45, 7) is 10.6. The molecule has 0 saturated carbocycles. The Kier molecular flexibility index (Phi) is 17.7. The van der Waals surface area contributed by atoms with Crippen LogP contribution in [0.5, 0.6) is 5.75 Å². The number of epoxide rings is 1. The first-order chi connectivity index (χ1) is 29.7. The second-order valence-corrected chi connectivity index (χ2v) is 22.4. The summed E-state index contributed by atoms with van der Waals surface area (Å²) in [5, 5.41) is 12.8. The van der Waals surface area contributed by atoms with Gasteiger partial charge in [-0.1, -0.05) is 63.9 Å². The number of carbonyl (C=O) groups excluding carboxylic acids is 5. The molecule has 3 aliphatic rings. The first kappa shape index (κ1) is 53.0. The third-order valence-corrected chi connectivity index (χ3v) is 16.8. The summed E-state index contributed by atoms with van der Waals surface area (Å²) in [5.74, 6) is -2.90. The number of halogens is 1. The minimum Gasteiger partial charge on any atom is -0.495 e. The van der Waals surface area contributed by atoms with Gasteiger partial charge in [-0.2, -0.15) is 8.42 Å².